The van der Waals surface area contributed by atoms with Crippen LogP contribution in [-0.2, 0) is 11.2 Å². The Labute approximate surface area is 102 Å². The SMILES string of the molecule is CN(C)CC(=O)NC1CCc2cc(N)ccc21. The third kappa shape index (κ3) is 2.77. The third-order valence-electron chi connectivity index (χ3n) is 3.04. The number of amides is 1. The van der Waals surface area contributed by atoms with E-state index in [1.165, 1.54) is 11.1 Å². The molecule has 0 fully saturated rings. The highest BCUT2D eigenvalue weighted by Crippen LogP contribution is 2.32. The topological polar surface area (TPSA) is 58.4 Å². The first-order valence-corrected chi connectivity index (χ1v) is 5.88. The molecule has 0 saturated heterocycles. The fourth-order valence-corrected chi connectivity index (χ4v) is 2.31. The highest BCUT2D eigenvalue weighted by molar-refractivity contribution is 5.78. The molecule has 0 aliphatic heterocycles. The molecule has 0 radical (unpaired) electrons. The number of fused-ring (bicyclic) bond motifs is 1. The lowest BCUT2D eigenvalue weighted by molar-refractivity contribution is -0.122. The third-order valence-corrected chi connectivity index (χ3v) is 3.04. The summed E-state index contributed by atoms with van der Waals surface area (Å²) in [5.41, 5.74) is 9.02. The van der Waals surface area contributed by atoms with Crippen LogP contribution in [0.25, 0.3) is 0 Å². The van der Waals surface area contributed by atoms with E-state index in [9.17, 15) is 4.79 Å². The normalized spacial score (nSPS) is 18.2. The Bertz CT molecular complexity index is 429. The van der Waals surface area contributed by atoms with Crippen LogP contribution < -0.4 is 11.1 Å². The predicted molar refractivity (Wildman–Crippen MR) is 68.6 cm³/mol. The summed E-state index contributed by atoms with van der Waals surface area (Å²) in [6.07, 6.45) is 1.96. The molecule has 0 aromatic heterocycles. The summed E-state index contributed by atoms with van der Waals surface area (Å²) in [5, 5.41) is 3.06. The highest BCUT2D eigenvalue weighted by Gasteiger charge is 2.23. The molecular formula is C13H19N3O. The maximum absolute atomic E-state index is 11.7. The number of nitrogens with one attached hydrogen (secondary N) is 1. The molecule has 3 N–H and O–H groups in total. The Balaban J connectivity index is 2.05. The summed E-state index contributed by atoms with van der Waals surface area (Å²) in [6, 6.07) is 6.08. The number of nitrogens with zero attached hydrogens (tertiary/aromatic N) is 1. The number of carbonyl (C=O) groups is 1. The lowest BCUT2D eigenvalue weighted by atomic mass is 10.1. The molecule has 0 heterocycles. The van der Waals surface area contributed by atoms with Crippen LogP contribution in [0.5, 0.6) is 0 Å². The second-order valence-corrected chi connectivity index (χ2v) is 4.85. The molecule has 92 valence electrons. The van der Waals surface area contributed by atoms with Crippen molar-refractivity contribution in [2.45, 2.75) is 18.9 Å². The van der Waals surface area contributed by atoms with Crippen LogP contribution in [0.2, 0.25) is 0 Å². The maximum atomic E-state index is 11.7. The summed E-state index contributed by atoms with van der Waals surface area (Å²) in [7, 11) is 3.78. The lowest BCUT2D eigenvalue weighted by Crippen LogP contribution is -2.35. The van der Waals surface area contributed by atoms with Crippen molar-refractivity contribution in [3.63, 3.8) is 0 Å². The average Bonchev–Trinajstić information content (AvgIpc) is 2.59. The van der Waals surface area contributed by atoms with Gasteiger partial charge in [0.05, 0.1) is 12.6 Å². The van der Waals surface area contributed by atoms with Crippen LogP contribution in [0.4, 0.5) is 5.69 Å². The van der Waals surface area contributed by atoms with Crippen molar-refractivity contribution in [3.05, 3.63) is 29.3 Å². The van der Waals surface area contributed by atoms with E-state index < -0.39 is 0 Å². The zero-order valence-corrected chi connectivity index (χ0v) is 10.4. The molecule has 2 rings (SSSR count). The van der Waals surface area contributed by atoms with Crippen molar-refractivity contribution in [1.29, 1.82) is 0 Å². The summed E-state index contributed by atoms with van der Waals surface area (Å²) >= 11 is 0. The minimum Gasteiger partial charge on any atom is -0.399 e. The second kappa shape index (κ2) is 4.75. The fourth-order valence-electron chi connectivity index (χ4n) is 2.31. The van der Waals surface area contributed by atoms with Gasteiger partial charge in [0.1, 0.15) is 0 Å². The molecule has 1 atom stereocenters. The number of rotatable bonds is 3. The number of hydrogen-bond donors (Lipinski definition) is 2. The molecule has 1 aliphatic carbocycles. The Morgan fingerprint density at radius 2 is 2.29 bits per heavy atom. The van der Waals surface area contributed by atoms with E-state index in [2.05, 4.69) is 5.32 Å². The number of nitrogens with two attached hydrogens (primary N) is 1. The van der Waals surface area contributed by atoms with Crippen LogP contribution >= 0.6 is 0 Å². The minimum atomic E-state index is 0.0738. The van der Waals surface area contributed by atoms with Gasteiger partial charge in [-0.2, -0.15) is 0 Å². The van der Waals surface area contributed by atoms with E-state index in [-0.39, 0.29) is 11.9 Å². The second-order valence-electron chi connectivity index (χ2n) is 4.85. The van der Waals surface area contributed by atoms with Crippen LogP contribution in [0.3, 0.4) is 0 Å². The molecule has 1 aliphatic rings. The molecule has 0 spiro atoms. The quantitative estimate of drug-likeness (QED) is 0.764. The molecule has 1 aromatic rings. The first kappa shape index (κ1) is 11.9. The van der Waals surface area contributed by atoms with Gasteiger partial charge in [-0.05, 0) is 50.2 Å². The molecule has 1 aromatic carbocycles. The van der Waals surface area contributed by atoms with Gasteiger partial charge in [-0.3, -0.25) is 4.79 Å². The van der Waals surface area contributed by atoms with E-state index in [1.54, 1.807) is 0 Å². The first-order valence-electron chi connectivity index (χ1n) is 5.88. The number of anilines is 1. The van der Waals surface area contributed by atoms with Gasteiger partial charge in [0, 0.05) is 5.69 Å². The maximum Gasteiger partial charge on any atom is 0.234 e. The van der Waals surface area contributed by atoms with Crippen molar-refractivity contribution in [2.75, 3.05) is 26.4 Å². The van der Waals surface area contributed by atoms with E-state index in [0.29, 0.717) is 6.54 Å². The standard InChI is InChI=1S/C13H19N3O/c1-16(2)8-13(17)15-12-6-3-9-7-10(14)4-5-11(9)12/h4-5,7,12H,3,6,8,14H2,1-2H3,(H,15,17). The molecule has 1 unspecified atom stereocenters. The van der Waals surface area contributed by atoms with Crippen molar-refractivity contribution >= 4 is 11.6 Å². The Hall–Kier alpha value is -1.55. The van der Waals surface area contributed by atoms with Gasteiger partial charge in [0.15, 0.2) is 0 Å². The molecule has 0 bridgehead atoms. The van der Waals surface area contributed by atoms with E-state index in [1.807, 2.05) is 37.2 Å². The number of benzene rings is 1. The van der Waals surface area contributed by atoms with Crippen LogP contribution in [0.1, 0.15) is 23.6 Å². The zero-order chi connectivity index (χ0) is 12.4. The Morgan fingerprint density at radius 3 is 3.00 bits per heavy atom. The zero-order valence-electron chi connectivity index (χ0n) is 10.4. The number of likely N-dealkylation sites (N-methyl/N-ethyl adjacent to an activating group) is 1. The molecule has 17 heavy (non-hydrogen) atoms. The van der Waals surface area contributed by atoms with Gasteiger partial charge in [-0.1, -0.05) is 6.07 Å². The van der Waals surface area contributed by atoms with Gasteiger partial charge >= 0.3 is 0 Å². The highest BCUT2D eigenvalue weighted by atomic mass is 16.2. The molecule has 4 nitrogen and oxygen atoms in total. The molecule has 4 heteroatoms. The average molecular weight is 233 g/mol. The van der Waals surface area contributed by atoms with Crippen molar-refractivity contribution in [1.82, 2.24) is 10.2 Å². The predicted octanol–water partition coefficient (Wildman–Crippen LogP) is 0.934. The minimum absolute atomic E-state index is 0.0738. The number of carbonyl (C=O) groups excluding carboxylic acids is 1. The Kier molecular flexibility index (Phi) is 3.33. The van der Waals surface area contributed by atoms with Gasteiger partial charge in [0.25, 0.3) is 0 Å². The summed E-state index contributed by atoms with van der Waals surface area (Å²) < 4.78 is 0. The fraction of sp³-hybridized carbons (Fsp3) is 0.462. The number of aryl methyl sites for hydroxylation is 1. The first-order chi connectivity index (χ1) is 8.06. The van der Waals surface area contributed by atoms with Crippen molar-refractivity contribution in [3.8, 4) is 0 Å². The van der Waals surface area contributed by atoms with E-state index in [4.69, 9.17) is 5.73 Å². The van der Waals surface area contributed by atoms with Crippen LogP contribution in [0.15, 0.2) is 18.2 Å². The van der Waals surface area contributed by atoms with Gasteiger partial charge < -0.3 is 16.0 Å². The van der Waals surface area contributed by atoms with Gasteiger partial charge in [0.2, 0.25) is 5.91 Å². The summed E-state index contributed by atoms with van der Waals surface area (Å²) in [4.78, 5) is 13.6. The largest absolute Gasteiger partial charge is 0.399 e. The lowest BCUT2D eigenvalue weighted by Gasteiger charge is -2.16. The van der Waals surface area contributed by atoms with Crippen molar-refractivity contribution < 1.29 is 4.79 Å². The van der Waals surface area contributed by atoms with E-state index in [0.717, 1.165) is 18.5 Å². The van der Waals surface area contributed by atoms with Gasteiger partial charge in [-0.25, -0.2) is 0 Å². The Morgan fingerprint density at radius 1 is 1.53 bits per heavy atom. The van der Waals surface area contributed by atoms with E-state index >= 15 is 0 Å². The molecule has 1 amide bonds. The number of hydrogen-bond acceptors (Lipinski definition) is 3. The summed E-state index contributed by atoms with van der Waals surface area (Å²) in [6.45, 7) is 0.431. The number of nitrogen functional groups attached to an aromatic ring is 1. The smallest absolute Gasteiger partial charge is 0.234 e. The van der Waals surface area contributed by atoms with Crippen LogP contribution in [0, 0.1) is 0 Å². The molecule has 0 saturated carbocycles. The molecular weight excluding hydrogens is 214 g/mol. The van der Waals surface area contributed by atoms with Crippen LogP contribution in [-0.4, -0.2) is 31.4 Å². The van der Waals surface area contributed by atoms with Gasteiger partial charge in [-0.15, -0.1) is 0 Å². The van der Waals surface area contributed by atoms with Crippen molar-refractivity contribution in [2.24, 2.45) is 0 Å². The monoisotopic (exact) mass is 233 g/mol. The summed E-state index contributed by atoms with van der Waals surface area (Å²) in [5.74, 6) is 0.0738.